The van der Waals surface area contributed by atoms with Crippen molar-refractivity contribution < 1.29 is 0 Å². The molecule has 0 amide bonds. The van der Waals surface area contributed by atoms with E-state index < -0.39 is 0 Å². The molecule has 1 aromatic heterocycles. The fourth-order valence-electron chi connectivity index (χ4n) is 1.83. The highest BCUT2D eigenvalue weighted by Crippen LogP contribution is 2.31. The van der Waals surface area contributed by atoms with E-state index in [4.69, 9.17) is 5.26 Å². The zero-order valence-electron chi connectivity index (χ0n) is 10.7. The van der Waals surface area contributed by atoms with Gasteiger partial charge in [0.2, 0.25) is 0 Å². The second kappa shape index (κ2) is 5.19. The van der Waals surface area contributed by atoms with Crippen molar-refractivity contribution >= 4 is 22.2 Å². The first-order valence-corrected chi connectivity index (χ1v) is 6.66. The molecule has 0 bridgehead atoms. The van der Waals surface area contributed by atoms with E-state index >= 15 is 0 Å². The Labute approximate surface area is 111 Å². The molecule has 0 spiro atoms. The molecule has 1 heterocycles. The normalized spacial score (nSPS) is 10.4. The molecule has 0 fully saturated rings. The minimum atomic E-state index is 0.447. The summed E-state index contributed by atoms with van der Waals surface area (Å²) in [5.74, 6) is 0.447. The fourth-order valence-corrected chi connectivity index (χ4v) is 2.45. The molecule has 1 aromatic carbocycles. The molecular formula is C14H15N3S. The molecule has 0 saturated heterocycles. The molecule has 0 unspecified atom stereocenters. The molecule has 18 heavy (non-hydrogen) atoms. The van der Waals surface area contributed by atoms with Crippen molar-refractivity contribution in [1.82, 2.24) is 4.98 Å². The van der Waals surface area contributed by atoms with Crippen molar-refractivity contribution in [2.24, 2.45) is 0 Å². The summed E-state index contributed by atoms with van der Waals surface area (Å²) >= 11 is 1.37. The van der Waals surface area contributed by atoms with Crippen molar-refractivity contribution in [2.75, 3.05) is 5.32 Å². The Morgan fingerprint density at radius 3 is 2.78 bits per heavy atom. The van der Waals surface area contributed by atoms with Crippen molar-refractivity contribution in [3.8, 4) is 6.07 Å². The van der Waals surface area contributed by atoms with Crippen LogP contribution in [0.5, 0.6) is 0 Å². The van der Waals surface area contributed by atoms with E-state index in [-0.39, 0.29) is 0 Å². The monoisotopic (exact) mass is 257 g/mol. The van der Waals surface area contributed by atoms with Gasteiger partial charge in [0.05, 0.1) is 6.20 Å². The molecule has 0 aliphatic rings. The van der Waals surface area contributed by atoms with Gasteiger partial charge in [0.25, 0.3) is 0 Å². The first kappa shape index (κ1) is 12.6. The first-order valence-electron chi connectivity index (χ1n) is 5.84. The summed E-state index contributed by atoms with van der Waals surface area (Å²) in [5.41, 5.74) is 3.56. The highest BCUT2D eigenvalue weighted by atomic mass is 32.1. The number of nitriles is 1. The van der Waals surface area contributed by atoms with Crippen LogP contribution in [0.1, 0.15) is 35.8 Å². The molecular weight excluding hydrogens is 242 g/mol. The van der Waals surface area contributed by atoms with Gasteiger partial charge in [-0.15, -0.1) is 0 Å². The van der Waals surface area contributed by atoms with Crippen LogP contribution in [0.3, 0.4) is 0 Å². The fraction of sp³-hybridized carbons (Fsp3) is 0.286. The van der Waals surface area contributed by atoms with Gasteiger partial charge in [-0.1, -0.05) is 43.4 Å². The van der Waals surface area contributed by atoms with Crippen LogP contribution < -0.4 is 5.32 Å². The minimum absolute atomic E-state index is 0.447. The smallest absolute Gasteiger partial charge is 0.188 e. The van der Waals surface area contributed by atoms with Crippen LogP contribution in [0, 0.1) is 18.3 Å². The van der Waals surface area contributed by atoms with E-state index in [1.165, 1.54) is 22.5 Å². The third kappa shape index (κ3) is 2.52. The predicted molar refractivity (Wildman–Crippen MR) is 75.4 cm³/mol. The van der Waals surface area contributed by atoms with Crippen molar-refractivity contribution in [3.05, 3.63) is 40.4 Å². The Balaban J connectivity index is 2.36. The number of hydrogen-bond donors (Lipinski definition) is 1. The molecule has 0 saturated carbocycles. The standard InChI is InChI=1S/C14H15N3S/c1-9(2)12-6-4-5-10(3)13(12)17-14-16-8-11(7-15)18-14/h4-6,8-9H,1-3H3,(H,16,17). The van der Waals surface area contributed by atoms with Crippen molar-refractivity contribution in [3.63, 3.8) is 0 Å². The van der Waals surface area contributed by atoms with Gasteiger partial charge in [-0.3, -0.25) is 0 Å². The van der Waals surface area contributed by atoms with E-state index in [0.717, 1.165) is 10.8 Å². The van der Waals surface area contributed by atoms with Crippen LogP contribution in [-0.4, -0.2) is 4.98 Å². The molecule has 1 N–H and O–H groups in total. The maximum absolute atomic E-state index is 8.81. The second-order valence-electron chi connectivity index (χ2n) is 4.46. The average Bonchev–Trinajstić information content (AvgIpc) is 2.79. The average molecular weight is 257 g/mol. The summed E-state index contributed by atoms with van der Waals surface area (Å²) in [7, 11) is 0. The maximum atomic E-state index is 8.81. The van der Waals surface area contributed by atoms with Crippen LogP contribution in [0.4, 0.5) is 10.8 Å². The Hall–Kier alpha value is -1.86. The number of anilines is 2. The summed E-state index contributed by atoms with van der Waals surface area (Å²) in [6.07, 6.45) is 1.60. The number of aromatic nitrogens is 1. The van der Waals surface area contributed by atoms with Gasteiger partial charge in [0, 0.05) is 5.69 Å². The third-order valence-corrected chi connectivity index (χ3v) is 3.59. The van der Waals surface area contributed by atoms with Crippen LogP contribution >= 0.6 is 11.3 Å². The Morgan fingerprint density at radius 1 is 1.39 bits per heavy atom. The lowest BCUT2D eigenvalue weighted by molar-refractivity contribution is 0.867. The maximum Gasteiger partial charge on any atom is 0.188 e. The summed E-state index contributed by atoms with van der Waals surface area (Å²) in [5, 5.41) is 12.9. The molecule has 4 heteroatoms. The molecule has 0 atom stereocenters. The van der Waals surface area contributed by atoms with Gasteiger partial charge in [0.1, 0.15) is 10.9 Å². The number of hydrogen-bond acceptors (Lipinski definition) is 4. The Bertz CT molecular complexity index is 593. The zero-order valence-corrected chi connectivity index (χ0v) is 11.5. The lowest BCUT2D eigenvalue weighted by Gasteiger charge is -2.15. The van der Waals surface area contributed by atoms with Gasteiger partial charge >= 0.3 is 0 Å². The predicted octanol–water partition coefficient (Wildman–Crippen LogP) is 4.19. The van der Waals surface area contributed by atoms with E-state index in [0.29, 0.717) is 10.8 Å². The van der Waals surface area contributed by atoms with E-state index in [1.807, 2.05) is 0 Å². The number of thiazole rings is 1. The van der Waals surface area contributed by atoms with Crippen LogP contribution in [0.15, 0.2) is 24.4 Å². The molecule has 2 rings (SSSR count). The number of nitrogens with zero attached hydrogens (tertiary/aromatic N) is 2. The Morgan fingerprint density at radius 2 is 2.17 bits per heavy atom. The summed E-state index contributed by atoms with van der Waals surface area (Å²) in [6, 6.07) is 8.37. The summed E-state index contributed by atoms with van der Waals surface area (Å²) < 4.78 is 0. The first-order chi connectivity index (χ1) is 8.61. The molecule has 0 radical (unpaired) electrons. The SMILES string of the molecule is Cc1cccc(C(C)C)c1Nc1ncc(C#N)s1. The molecule has 0 aliphatic heterocycles. The molecule has 2 aromatic rings. The Kier molecular flexibility index (Phi) is 3.63. The lowest BCUT2D eigenvalue weighted by Crippen LogP contribution is -1.99. The molecule has 3 nitrogen and oxygen atoms in total. The minimum Gasteiger partial charge on any atom is -0.331 e. The van der Waals surface area contributed by atoms with E-state index in [9.17, 15) is 0 Å². The number of aryl methyl sites for hydroxylation is 1. The van der Waals surface area contributed by atoms with E-state index in [2.05, 4.69) is 55.3 Å². The van der Waals surface area contributed by atoms with Gasteiger partial charge in [-0.2, -0.15) is 5.26 Å². The molecule has 0 aliphatic carbocycles. The van der Waals surface area contributed by atoms with Crippen LogP contribution in [0.25, 0.3) is 0 Å². The lowest BCUT2D eigenvalue weighted by atomic mass is 9.98. The zero-order chi connectivity index (χ0) is 13.1. The highest BCUT2D eigenvalue weighted by Gasteiger charge is 2.10. The number of para-hydroxylation sites is 1. The van der Waals surface area contributed by atoms with Crippen molar-refractivity contribution in [1.29, 1.82) is 5.26 Å². The van der Waals surface area contributed by atoms with E-state index in [1.54, 1.807) is 6.20 Å². The van der Waals surface area contributed by atoms with Crippen LogP contribution in [0.2, 0.25) is 0 Å². The number of rotatable bonds is 3. The number of benzene rings is 1. The van der Waals surface area contributed by atoms with Gasteiger partial charge in [-0.05, 0) is 24.0 Å². The quantitative estimate of drug-likeness (QED) is 0.896. The number of nitrogens with one attached hydrogen (secondary N) is 1. The third-order valence-electron chi connectivity index (χ3n) is 2.77. The summed E-state index contributed by atoms with van der Waals surface area (Å²) in [6.45, 7) is 6.41. The summed E-state index contributed by atoms with van der Waals surface area (Å²) in [4.78, 5) is 4.83. The van der Waals surface area contributed by atoms with Crippen molar-refractivity contribution in [2.45, 2.75) is 26.7 Å². The van der Waals surface area contributed by atoms with Gasteiger partial charge < -0.3 is 5.32 Å². The van der Waals surface area contributed by atoms with Gasteiger partial charge in [0.15, 0.2) is 5.13 Å². The van der Waals surface area contributed by atoms with Crippen LogP contribution in [-0.2, 0) is 0 Å². The van der Waals surface area contributed by atoms with Gasteiger partial charge in [-0.25, -0.2) is 4.98 Å². The second-order valence-corrected chi connectivity index (χ2v) is 5.49. The molecule has 92 valence electrons. The largest absolute Gasteiger partial charge is 0.331 e. The topological polar surface area (TPSA) is 48.7 Å². The highest BCUT2D eigenvalue weighted by molar-refractivity contribution is 7.16.